The van der Waals surface area contributed by atoms with Crippen LogP contribution >= 0.6 is 0 Å². The maximum Gasteiger partial charge on any atom is 0.154 e. The molecule has 2 aliphatic heterocycles. The Kier molecular flexibility index (Phi) is 4.37. The summed E-state index contributed by atoms with van der Waals surface area (Å²) in [6, 6.07) is 4.06. The SMILES string of the molecule is CC(C)Nc1nccc2c1C(c1nccc(N3CCOCC3)n1)NN2. The van der Waals surface area contributed by atoms with Crippen LogP contribution in [0.3, 0.4) is 0 Å². The molecule has 1 atom stereocenters. The smallest absolute Gasteiger partial charge is 0.154 e. The summed E-state index contributed by atoms with van der Waals surface area (Å²) in [6.07, 6.45) is 3.62. The number of hydrogen-bond donors (Lipinski definition) is 3. The number of nitrogens with zero attached hydrogens (tertiary/aromatic N) is 4. The molecule has 0 spiro atoms. The van der Waals surface area contributed by atoms with Crippen LogP contribution in [-0.2, 0) is 4.74 Å². The molecule has 0 saturated carbocycles. The molecule has 1 saturated heterocycles. The molecule has 4 rings (SSSR count). The number of hydrogen-bond acceptors (Lipinski definition) is 8. The van der Waals surface area contributed by atoms with Gasteiger partial charge in [0.2, 0.25) is 0 Å². The van der Waals surface area contributed by atoms with Gasteiger partial charge in [-0.1, -0.05) is 0 Å². The van der Waals surface area contributed by atoms with E-state index in [0.29, 0.717) is 6.04 Å². The number of ether oxygens (including phenoxy) is 1. The van der Waals surface area contributed by atoms with Crippen LogP contribution in [0.4, 0.5) is 17.3 Å². The highest BCUT2D eigenvalue weighted by molar-refractivity contribution is 5.67. The highest BCUT2D eigenvalue weighted by Crippen LogP contribution is 2.36. The van der Waals surface area contributed by atoms with Crippen molar-refractivity contribution in [1.82, 2.24) is 20.4 Å². The molecule has 3 N–H and O–H groups in total. The lowest BCUT2D eigenvalue weighted by Crippen LogP contribution is -2.37. The molecule has 8 heteroatoms. The van der Waals surface area contributed by atoms with Gasteiger partial charge >= 0.3 is 0 Å². The monoisotopic (exact) mass is 341 g/mol. The largest absolute Gasteiger partial charge is 0.378 e. The number of aromatic nitrogens is 3. The predicted octanol–water partition coefficient (Wildman–Crippen LogP) is 1.55. The lowest BCUT2D eigenvalue weighted by molar-refractivity contribution is 0.122. The zero-order valence-electron chi connectivity index (χ0n) is 14.5. The molecule has 132 valence electrons. The van der Waals surface area contributed by atoms with Gasteiger partial charge in [-0.25, -0.2) is 20.4 Å². The van der Waals surface area contributed by atoms with Gasteiger partial charge in [0.1, 0.15) is 17.7 Å². The van der Waals surface area contributed by atoms with E-state index >= 15 is 0 Å². The third-order valence-electron chi connectivity index (χ3n) is 4.31. The summed E-state index contributed by atoms with van der Waals surface area (Å²) in [4.78, 5) is 16.0. The second-order valence-corrected chi connectivity index (χ2v) is 6.49. The number of fused-ring (bicyclic) bond motifs is 1. The van der Waals surface area contributed by atoms with E-state index in [2.05, 4.69) is 44.9 Å². The van der Waals surface area contributed by atoms with Gasteiger partial charge in [0.05, 0.1) is 18.9 Å². The molecule has 8 nitrogen and oxygen atoms in total. The van der Waals surface area contributed by atoms with E-state index in [4.69, 9.17) is 9.72 Å². The zero-order chi connectivity index (χ0) is 17.2. The fraction of sp³-hybridized carbons (Fsp3) is 0.471. The minimum Gasteiger partial charge on any atom is -0.378 e. The van der Waals surface area contributed by atoms with Crippen molar-refractivity contribution in [3.63, 3.8) is 0 Å². The lowest BCUT2D eigenvalue weighted by Gasteiger charge is -2.28. The Morgan fingerprint density at radius 2 is 2.00 bits per heavy atom. The van der Waals surface area contributed by atoms with Gasteiger partial charge in [0.25, 0.3) is 0 Å². The van der Waals surface area contributed by atoms with Gasteiger partial charge in [-0.15, -0.1) is 0 Å². The first-order chi connectivity index (χ1) is 12.2. The fourth-order valence-electron chi connectivity index (χ4n) is 3.15. The molecule has 25 heavy (non-hydrogen) atoms. The molecule has 0 bridgehead atoms. The standard InChI is InChI=1S/C17H23N7O/c1-11(2)20-16-14-12(3-5-18-16)22-23-15(14)17-19-6-4-13(21-17)24-7-9-25-10-8-24/h3-6,11,15,22-23H,7-10H2,1-2H3,(H,18,20). The molecule has 1 fully saturated rings. The van der Waals surface area contributed by atoms with E-state index in [1.54, 1.807) is 6.20 Å². The highest BCUT2D eigenvalue weighted by atomic mass is 16.5. The zero-order valence-corrected chi connectivity index (χ0v) is 14.5. The Balaban J connectivity index is 1.66. The van der Waals surface area contributed by atoms with Gasteiger partial charge in [0, 0.05) is 37.1 Å². The van der Waals surface area contributed by atoms with Crippen LogP contribution in [0.25, 0.3) is 0 Å². The second-order valence-electron chi connectivity index (χ2n) is 6.49. The predicted molar refractivity (Wildman–Crippen MR) is 96.7 cm³/mol. The fourth-order valence-corrected chi connectivity index (χ4v) is 3.15. The van der Waals surface area contributed by atoms with Crippen molar-refractivity contribution in [1.29, 1.82) is 0 Å². The average Bonchev–Trinajstić information content (AvgIpc) is 3.07. The molecule has 2 aromatic rings. The molecule has 2 aliphatic rings. The molecule has 1 unspecified atom stereocenters. The molecular formula is C17H23N7O. The number of rotatable bonds is 4. The Bertz CT molecular complexity index is 746. The summed E-state index contributed by atoms with van der Waals surface area (Å²) < 4.78 is 5.43. The molecular weight excluding hydrogens is 318 g/mol. The van der Waals surface area contributed by atoms with Crippen LogP contribution in [0.1, 0.15) is 31.3 Å². The van der Waals surface area contributed by atoms with Crippen molar-refractivity contribution < 1.29 is 4.74 Å². The molecule has 4 heterocycles. The Morgan fingerprint density at radius 3 is 2.80 bits per heavy atom. The summed E-state index contributed by atoms with van der Waals surface area (Å²) in [5.74, 6) is 2.52. The minimum atomic E-state index is -0.147. The highest BCUT2D eigenvalue weighted by Gasteiger charge is 2.30. The van der Waals surface area contributed by atoms with Crippen LogP contribution < -0.4 is 21.1 Å². The average molecular weight is 341 g/mol. The van der Waals surface area contributed by atoms with E-state index < -0.39 is 0 Å². The maximum atomic E-state index is 5.43. The summed E-state index contributed by atoms with van der Waals surface area (Å²) >= 11 is 0. The molecule has 0 aliphatic carbocycles. The van der Waals surface area contributed by atoms with Crippen molar-refractivity contribution in [3.8, 4) is 0 Å². The van der Waals surface area contributed by atoms with Crippen LogP contribution in [0.5, 0.6) is 0 Å². The number of anilines is 3. The molecule has 0 aromatic carbocycles. The van der Waals surface area contributed by atoms with E-state index in [1.165, 1.54) is 0 Å². The Labute approximate surface area is 147 Å². The Hall–Kier alpha value is -2.45. The summed E-state index contributed by atoms with van der Waals surface area (Å²) in [5, 5.41) is 3.41. The number of morpholine rings is 1. The van der Waals surface area contributed by atoms with Crippen molar-refractivity contribution in [2.24, 2.45) is 0 Å². The Morgan fingerprint density at radius 1 is 1.20 bits per heavy atom. The van der Waals surface area contributed by atoms with Crippen molar-refractivity contribution in [2.45, 2.75) is 25.9 Å². The maximum absolute atomic E-state index is 5.43. The molecule has 0 radical (unpaired) electrons. The second kappa shape index (κ2) is 6.81. The van der Waals surface area contributed by atoms with Crippen LogP contribution in [-0.4, -0.2) is 47.3 Å². The van der Waals surface area contributed by atoms with Crippen LogP contribution in [0, 0.1) is 0 Å². The quantitative estimate of drug-likeness (QED) is 0.772. The van der Waals surface area contributed by atoms with Gasteiger partial charge in [-0.05, 0) is 26.0 Å². The minimum absolute atomic E-state index is 0.147. The van der Waals surface area contributed by atoms with Gasteiger partial charge in [-0.2, -0.15) is 0 Å². The third kappa shape index (κ3) is 3.22. The van der Waals surface area contributed by atoms with Crippen LogP contribution in [0.2, 0.25) is 0 Å². The van der Waals surface area contributed by atoms with Crippen molar-refractivity contribution in [3.05, 3.63) is 35.9 Å². The molecule has 0 amide bonds. The lowest BCUT2D eigenvalue weighted by atomic mass is 10.1. The normalized spacial score (nSPS) is 19.6. The first-order valence-corrected chi connectivity index (χ1v) is 8.65. The summed E-state index contributed by atoms with van der Waals surface area (Å²) in [5.41, 5.74) is 8.56. The third-order valence-corrected chi connectivity index (χ3v) is 4.31. The number of nitrogens with one attached hydrogen (secondary N) is 3. The topological polar surface area (TPSA) is 87.2 Å². The number of pyridine rings is 1. The van der Waals surface area contributed by atoms with Crippen LogP contribution in [0.15, 0.2) is 24.5 Å². The summed E-state index contributed by atoms with van der Waals surface area (Å²) in [6.45, 7) is 7.37. The van der Waals surface area contributed by atoms with Crippen molar-refractivity contribution >= 4 is 17.3 Å². The van der Waals surface area contributed by atoms with Gasteiger partial charge < -0.3 is 20.4 Å². The van der Waals surface area contributed by atoms with Gasteiger partial charge in [-0.3, -0.25) is 0 Å². The van der Waals surface area contributed by atoms with E-state index in [9.17, 15) is 0 Å². The van der Waals surface area contributed by atoms with Gasteiger partial charge in [0.15, 0.2) is 5.82 Å². The van der Waals surface area contributed by atoms with E-state index in [1.807, 2.05) is 18.3 Å². The van der Waals surface area contributed by atoms with E-state index in [0.717, 1.165) is 55.0 Å². The first kappa shape index (κ1) is 16.0. The first-order valence-electron chi connectivity index (χ1n) is 8.65. The molecule has 2 aromatic heterocycles. The van der Waals surface area contributed by atoms with Crippen molar-refractivity contribution in [2.75, 3.05) is 41.9 Å². The summed E-state index contributed by atoms with van der Waals surface area (Å²) in [7, 11) is 0. The number of hydrazine groups is 1. The van der Waals surface area contributed by atoms with E-state index in [-0.39, 0.29) is 6.04 Å².